The Labute approximate surface area is 148 Å². The minimum Gasteiger partial charge on any atom is -0.392 e. The van der Waals surface area contributed by atoms with Gasteiger partial charge in [0.2, 0.25) is 0 Å². The molecule has 130 valence electrons. The normalized spacial score (nSPS) is 11.3. The lowest BCUT2D eigenvalue weighted by molar-refractivity contribution is 0.145. The number of nitrogens with two attached hydrogens (primary N) is 1. The molecule has 0 unspecified atom stereocenters. The molecule has 1 aromatic heterocycles. The molecule has 25 heavy (non-hydrogen) atoms. The van der Waals surface area contributed by atoms with Gasteiger partial charge in [-0.1, -0.05) is 29.8 Å². The topological polar surface area (TPSA) is 64.1 Å². The van der Waals surface area contributed by atoms with E-state index in [4.69, 9.17) is 5.14 Å². The smallest absolute Gasteiger partial charge is 0.282 e. The number of aliphatic hydroxyl groups excluding tert-OH is 1. The number of aliphatic hydroxyl groups is 1. The fraction of sp³-hybridized carbons (Fsp3) is 0.167. The highest BCUT2D eigenvalue weighted by atomic mass is 32.2. The number of rotatable bonds is 5. The van der Waals surface area contributed by atoms with Crippen molar-refractivity contribution in [3.8, 4) is 16.9 Å². The van der Waals surface area contributed by atoms with Crippen LogP contribution in [0.5, 0.6) is 0 Å². The van der Waals surface area contributed by atoms with Crippen molar-refractivity contribution < 1.29 is 13.9 Å². The quantitative estimate of drug-likeness (QED) is 0.667. The van der Waals surface area contributed by atoms with Crippen LogP contribution in [0.1, 0.15) is 23.2 Å². The summed E-state index contributed by atoms with van der Waals surface area (Å²) in [5.74, 6) is 0. The molecule has 0 fully saturated rings. The van der Waals surface area contributed by atoms with Gasteiger partial charge in [0.05, 0.1) is 18.0 Å². The van der Waals surface area contributed by atoms with Gasteiger partial charge in [-0.15, -0.1) is 0 Å². The average molecular weight is 361 g/mol. The number of hydrogen-bond donors (Lipinski definition) is 2. The second-order valence-electron chi connectivity index (χ2n) is 5.60. The molecule has 3 N–H and O–H groups in total. The second kappa shape index (κ2) is 7.35. The number of benzene rings is 2. The summed E-state index contributed by atoms with van der Waals surface area (Å²) in [5.41, 5.74) is 3.34. The highest BCUT2D eigenvalue weighted by Gasteiger charge is 2.18. The zero-order valence-corrected chi connectivity index (χ0v) is 14.3. The SMILES string of the molecule is Cc1ccc(-c2cc(C(F)F)nn2-c2ccc(SN)c(CO)c2)cc1. The summed E-state index contributed by atoms with van der Waals surface area (Å²) in [6, 6.07) is 14.2. The molecular weight excluding hydrogens is 344 g/mol. The van der Waals surface area contributed by atoms with Gasteiger partial charge >= 0.3 is 0 Å². The fourth-order valence-electron chi connectivity index (χ4n) is 2.57. The molecule has 3 rings (SSSR count). The maximum atomic E-state index is 13.2. The lowest BCUT2D eigenvalue weighted by atomic mass is 10.1. The van der Waals surface area contributed by atoms with E-state index < -0.39 is 6.43 Å². The molecule has 0 aliphatic heterocycles. The van der Waals surface area contributed by atoms with Crippen molar-refractivity contribution in [1.29, 1.82) is 0 Å². The predicted octanol–water partition coefficient (Wildman–Crippen LogP) is 4.24. The molecule has 3 aromatic rings. The van der Waals surface area contributed by atoms with Crippen molar-refractivity contribution in [3.05, 3.63) is 65.4 Å². The molecule has 2 aromatic carbocycles. The van der Waals surface area contributed by atoms with Crippen LogP contribution in [0.2, 0.25) is 0 Å². The minimum absolute atomic E-state index is 0.198. The molecule has 0 aliphatic rings. The van der Waals surface area contributed by atoms with E-state index in [9.17, 15) is 13.9 Å². The van der Waals surface area contributed by atoms with Gasteiger partial charge in [-0.05, 0) is 48.7 Å². The van der Waals surface area contributed by atoms with Crippen LogP contribution in [0.3, 0.4) is 0 Å². The molecule has 0 bridgehead atoms. The summed E-state index contributed by atoms with van der Waals surface area (Å²) in [5, 5.41) is 19.1. The molecule has 0 radical (unpaired) electrons. The highest BCUT2D eigenvalue weighted by molar-refractivity contribution is 7.97. The van der Waals surface area contributed by atoms with Crippen molar-refractivity contribution in [2.75, 3.05) is 0 Å². The Morgan fingerprint density at radius 1 is 1.16 bits per heavy atom. The highest BCUT2D eigenvalue weighted by Crippen LogP contribution is 2.30. The van der Waals surface area contributed by atoms with Crippen molar-refractivity contribution in [2.45, 2.75) is 24.9 Å². The maximum absolute atomic E-state index is 13.2. The first-order chi connectivity index (χ1) is 12.0. The minimum atomic E-state index is -2.67. The van der Waals surface area contributed by atoms with Gasteiger partial charge in [0.15, 0.2) is 0 Å². The lowest BCUT2D eigenvalue weighted by Crippen LogP contribution is -2.02. The van der Waals surface area contributed by atoms with Crippen molar-refractivity contribution >= 4 is 11.9 Å². The molecule has 0 amide bonds. The van der Waals surface area contributed by atoms with Crippen molar-refractivity contribution in [3.63, 3.8) is 0 Å². The van der Waals surface area contributed by atoms with Gasteiger partial charge < -0.3 is 5.11 Å². The van der Waals surface area contributed by atoms with Gasteiger partial charge in [0.25, 0.3) is 6.43 Å². The standard InChI is InChI=1S/C18H17F2N3OS/c1-11-2-4-12(5-3-11)16-9-15(18(19)20)22-23(16)14-6-7-17(25-21)13(8-14)10-24/h2-9,18,24H,10,21H2,1H3. The van der Waals surface area contributed by atoms with Crippen LogP contribution in [0.4, 0.5) is 8.78 Å². The Bertz CT molecular complexity index is 879. The van der Waals surface area contributed by atoms with Crippen LogP contribution in [0.15, 0.2) is 53.4 Å². The van der Waals surface area contributed by atoms with Gasteiger partial charge in [-0.3, -0.25) is 5.14 Å². The Kier molecular flexibility index (Phi) is 5.17. The zero-order chi connectivity index (χ0) is 18.0. The van der Waals surface area contributed by atoms with E-state index in [0.717, 1.165) is 28.0 Å². The fourth-order valence-corrected chi connectivity index (χ4v) is 2.99. The van der Waals surface area contributed by atoms with E-state index in [-0.39, 0.29) is 12.3 Å². The molecule has 0 atom stereocenters. The summed E-state index contributed by atoms with van der Waals surface area (Å²) in [7, 11) is 0. The van der Waals surface area contributed by atoms with E-state index in [2.05, 4.69) is 5.10 Å². The van der Waals surface area contributed by atoms with Crippen LogP contribution in [0.25, 0.3) is 16.9 Å². The van der Waals surface area contributed by atoms with Gasteiger partial charge in [0.1, 0.15) is 5.69 Å². The Balaban J connectivity index is 2.16. The van der Waals surface area contributed by atoms with Crippen LogP contribution in [-0.4, -0.2) is 14.9 Å². The Hall–Kier alpha value is -2.22. The van der Waals surface area contributed by atoms with E-state index in [0.29, 0.717) is 16.9 Å². The number of aryl methyl sites for hydroxylation is 1. The lowest BCUT2D eigenvalue weighted by Gasteiger charge is -2.11. The van der Waals surface area contributed by atoms with Gasteiger partial charge in [-0.2, -0.15) is 5.10 Å². The summed E-state index contributed by atoms with van der Waals surface area (Å²) in [6.45, 7) is 1.76. The Morgan fingerprint density at radius 3 is 2.48 bits per heavy atom. The third-order valence-electron chi connectivity index (χ3n) is 3.89. The number of hydrogen-bond acceptors (Lipinski definition) is 4. The van der Waals surface area contributed by atoms with E-state index in [1.165, 1.54) is 10.7 Å². The first kappa shape index (κ1) is 17.6. The third kappa shape index (κ3) is 3.58. The summed E-state index contributed by atoms with van der Waals surface area (Å²) in [4.78, 5) is 0.726. The summed E-state index contributed by atoms with van der Waals surface area (Å²) < 4.78 is 27.8. The van der Waals surface area contributed by atoms with E-state index >= 15 is 0 Å². The van der Waals surface area contributed by atoms with Gasteiger partial charge in [0, 0.05) is 10.5 Å². The van der Waals surface area contributed by atoms with E-state index in [1.54, 1.807) is 18.2 Å². The van der Waals surface area contributed by atoms with Crippen molar-refractivity contribution in [1.82, 2.24) is 9.78 Å². The predicted molar refractivity (Wildman–Crippen MR) is 94.7 cm³/mol. The number of alkyl halides is 2. The zero-order valence-electron chi connectivity index (χ0n) is 13.5. The number of nitrogens with zero attached hydrogens (tertiary/aromatic N) is 2. The summed E-state index contributed by atoms with van der Waals surface area (Å²) >= 11 is 1.03. The molecule has 0 spiro atoms. The molecule has 0 saturated heterocycles. The largest absolute Gasteiger partial charge is 0.392 e. The molecule has 0 saturated carbocycles. The number of halogens is 2. The Morgan fingerprint density at radius 2 is 1.88 bits per heavy atom. The van der Waals surface area contributed by atoms with Crippen LogP contribution in [0, 0.1) is 6.92 Å². The van der Waals surface area contributed by atoms with Crippen LogP contribution < -0.4 is 5.14 Å². The molecular formula is C18H17F2N3OS. The molecule has 4 nitrogen and oxygen atoms in total. The molecule has 1 heterocycles. The first-order valence-electron chi connectivity index (χ1n) is 7.59. The summed E-state index contributed by atoms with van der Waals surface area (Å²) in [6.07, 6.45) is -2.67. The molecule has 0 aliphatic carbocycles. The average Bonchev–Trinajstić information content (AvgIpc) is 3.07. The van der Waals surface area contributed by atoms with Crippen LogP contribution >= 0.6 is 11.9 Å². The monoisotopic (exact) mass is 361 g/mol. The first-order valence-corrected chi connectivity index (χ1v) is 8.47. The van der Waals surface area contributed by atoms with Gasteiger partial charge in [-0.25, -0.2) is 13.5 Å². The second-order valence-corrected chi connectivity index (χ2v) is 6.28. The maximum Gasteiger partial charge on any atom is 0.282 e. The molecule has 7 heteroatoms. The van der Waals surface area contributed by atoms with Crippen LogP contribution in [-0.2, 0) is 6.61 Å². The van der Waals surface area contributed by atoms with Crippen molar-refractivity contribution in [2.24, 2.45) is 5.14 Å². The van der Waals surface area contributed by atoms with E-state index in [1.807, 2.05) is 31.2 Å². The number of aromatic nitrogens is 2. The third-order valence-corrected chi connectivity index (χ3v) is 4.54.